The molecule has 2 rings (SSSR count). The van der Waals surface area contributed by atoms with E-state index in [0.29, 0.717) is 18.7 Å². The summed E-state index contributed by atoms with van der Waals surface area (Å²) in [5, 5.41) is 2.81. The number of nitrogens with one attached hydrogen (secondary N) is 1. The molecule has 0 saturated heterocycles. The van der Waals surface area contributed by atoms with Crippen LogP contribution < -0.4 is 10.1 Å². The van der Waals surface area contributed by atoms with Gasteiger partial charge in [-0.3, -0.25) is 4.79 Å². The lowest BCUT2D eigenvalue weighted by Gasteiger charge is -2.06. The van der Waals surface area contributed by atoms with Gasteiger partial charge in [-0.25, -0.2) is 9.97 Å². The zero-order valence-corrected chi connectivity index (χ0v) is 12.8. The van der Waals surface area contributed by atoms with E-state index in [4.69, 9.17) is 27.9 Å². The first-order valence-electron chi connectivity index (χ1n) is 6.19. The fourth-order valence-corrected chi connectivity index (χ4v) is 2.12. The molecule has 0 aliphatic carbocycles. The van der Waals surface area contributed by atoms with Gasteiger partial charge in [0.1, 0.15) is 16.7 Å². The smallest absolute Gasteiger partial charge is 0.225 e. The topological polar surface area (TPSA) is 64.1 Å². The molecule has 0 unspecified atom stereocenters. The number of amides is 1. The molecule has 1 aromatic heterocycles. The Bertz CT molecular complexity index is 612. The van der Waals surface area contributed by atoms with E-state index < -0.39 is 0 Å². The van der Waals surface area contributed by atoms with Gasteiger partial charge in [-0.2, -0.15) is 0 Å². The number of hydrogen-bond donors (Lipinski definition) is 1. The first kappa shape index (κ1) is 15.5. The summed E-state index contributed by atoms with van der Waals surface area (Å²) in [5.74, 6) is 0.907. The third kappa shape index (κ3) is 4.88. The predicted molar refractivity (Wildman–Crippen MR) is 82.0 cm³/mol. The third-order valence-corrected chi connectivity index (χ3v) is 3.10. The summed E-state index contributed by atoms with van der Waals surface area (Å²) in [4.78, 5) is 19.4. The molecule has 1 N–H and O–H groups in total. The highest BCUT2D eigenvalue weighted by molar-refractivity contribution is 6.32. The zero-order valence-electron chi connectivity index (χ0n) is 11.3. The fraction of sp³-hybridized carbons (Fsp3) is 0.214. The first-order chi connectivity index (χ1) is 10.1. The Labute approximate surface area is 132 Å². The third-order valence-electron chi connectivity index (χ3n) is 2.73. The maximum absolute atomic E-state index is 11.8. The lowest BCUT2D eigenvalue weighted by atomic mass is 10.1. The molecule has 110 valence electrons. The highest BCUT2D eigenvalue weighted by atomic mass is 35.5. The van der Waals surface area contributed by atoms with Crippen molar-refractivity contribution >= 4 is 34.9 Å². The molecular weight excluding hydrogens is 313 g/mol. The second-order valence-electron chi connectivity index (χ2n) is 4.24. The summed E-state index contributed by atoms with van der Waals surface area (Å²) in [7, 11) is 1.61. The molecule has 0 atom stereocenters. The molecule has 1 heterocycles. The number of methoxy groups -OCH3 is 1. The molecule has 0 aliphatic heterocycles. The molecule has 1 amide bonds. The molecule has 0 bridgehead atoms. The van der Waals surface area contributed by atoms with Gasteiger partial charge in [0.05, 0.1) is 7.11 Å². The van der Waals surface area contributed by atoms with Crippen LogP contribution in [-0.4, -0.2) is 23.0 Å². The van der Waals surface area contributed by atoms with E-state index in [-0.39, 0.29) is 16.3 Å². The molecule has 0 radical (unpaired) electrons. The van der Waals surface area contributed by atoms with Crippen molar-refractivity contribution in [1.82, 2.24) is 9.97 Å². The van der Waals surface area contributed by atoms with Gasteiger partial charge in [0.2, 0.25) is 11.2 Å². The van der Waals surface area contributed by atoms with Crippen LogP contribution in [0, 0.1) is 0 Å². The summed E-state index contributed by atoms with van der Waals surface area (Å²) in [6.45, 7) is 0. The first-order valence-corrected chi connectivity index (χ1v) is 6.95. The normalized spacial score (nSPS) is 10.2. The van der Waals surface area contributed by atoms with E-state index in [9.17, 15) is 4.79 Å². The minimum absolute atomic E-state index is 0.00652. The van der Waals surface area contributed by atoms with Crippen LogP contribution in [0.4, 0.5) is 5.82 Å². The number of nitrogens with zero attached hydrogens (tertiary/aromatic N) is 2. The van der Waals surface area contributed by atoms with Gasteiger partial charge >= 0.3 is 0 Å². The number of halogens is 2. The van der Waals surface area contributed by atoms with Crippen LogP contribution in [0.1, 0.15) is 12.0 Å². The highest BCUT2D eigenvalue weighted by Crippen LogP contribution is 2.15. The Morgan fingerprint density at radius 2 is 1.95 bits per heavy atom. The van der Waals surface area contributed by atoms with Crippen molar-refractivity contribution in [3.8, 4) is 5.75 Å². The summed E-state index contributed by atoms with van der Waals surface area (Å²) < 4.78 is 5.08. The Hall–Kier alpha value is -1.85. The minimum atomic E-state index is -0.170. The standard InChI is InChI=1S/C14H13Cl2N3O2/c1-21-10-5-2-9(3-6-10)4-7-13(20)18-12-8-11(15)17-14(16)19-12/h2-3,5-6,8H,4,7H2,1H3,(H,17,18,19,20). The Morgan fingerprint density at radius 1 is 1.24 bits per heavy atom. The van der Waals surface area contributed by atoms with Crippen LogP contribution in [0.3, 0.4) is 0 Å². The van der Waals surface area contributed by atoms with E-state index in [0.717, 1.165) is 11.3 Å². The van der Waals surface area contributed by atoms with Crippen LogP contribution in [-0.2, 0) is 11.2 Å². The molecule has 0 fully saturated rings. The number of hydrogen-bond acceptors (Lipinski definition) is 4. The van der Waals surface area contributed by atoms with Gasteiger partial charge in [-0.1, -0.05) is 23.7 Å². The summed E-state index contributed by atoms with van der Waals surface area (Å²) in [6.07, 6.45) is 0.938. The van der Waals surface area contributed by atoms with Crippen LogP contribution in [0.25, 0.3) is 0 Å². The number of aryl methyl sites for hydroxylation is 1. The summed E-state index contributed by atoms with van der Waals surface area (Å²) in [6, 6.07) is 9.00. The molecule has 0 aliphatic rings. The van der Waals surface area contributed by atoms with Gasteiger partial charge in [0.25, 0.3) is 0 Å². The van der Waals surface area contributed by atoms with Gasteiger partial charge in [0.15, 0.2) is 0 Å². The molecule has 5 nitrogen and oxygen atoms in total. The van der Waals surface area contributed by atoms with E-state index >= 15 is 0 Å². The number of carbonyl (C=O) groups is 1. The Balaban J connectivity index is 1.89. The van der Waals surface area contributed by atoms with E-state index in [1.807, 2.05) is 24.3 Å². The maximum atomic E-state index is 11.8. The van der Waals surface area contributed by atoms with Crippen molar-refractivity contribution < 1.29 is 9.53 Å². The van der Waals surface area contributed by atoms with Gasteiger partial charge in [-0.15, -0.1) is 0 Å². The molecule has 0 spiro atoms. The van der Waals surface area contributed by atoms with Crippen molar-refractivity contribution in [2.75, 3.05) is 12.4 Å². The van der Waals surface area contributed by atoms with E-state index in [2.05, 4.69) is 15.3 Å². The Kier molecular flexibility index (Phi) is 5.36. The average molecular weight is 326 g/mol. The lowest BCUT2D eigenvalue weighted by molar-refractivity contribution is -0.116. The average Bonchev–Trinajstić information content (AvgIpc) is 2.44. The molecule has 7 heteroatoms. The molecule has 21 heavy (non-hydrogen) atoms. The molecule has 0 saturated carbocycles. The van der Waals surface area contributed by atoms with Crippen LogP contribution >= 0.6 is 23.2 Å². The monoisotopic (exact) mass is 325 g/mol. The van der Waals surface area contributed by atoms with E-state index in [1.165, 1.54) is 6.07 Å². The largest absolute Gasteiger partial charge is 0.497 e. The molecule has 1 aromatic carbocycles. The van der Waals surface area contributed by atoms with E-state index in [1.54, 1.807) is 7.11 Å². The van der Waals surface area contributed by atoms with Crippen LogP contribution in [0.15, 0.2) is 30.3 Å². The van der Waals surface area contributed by atoms with Gasteiger partial charge in [0, 0.05) is 12.5 Å². The van der Waals surface area contributed by atoms with Crippen molar-refractivity contribution in [3.05, 3.63) is 46.3 Å². The van der Waals surface area contributed by atoms with Crippen molar-refractivity contribution in [3.63, 3.8) is 0 Å². The van der Waals surface area contributed by atoms with Gasteiger partial charge in [-0.05, 0) is 35.7 Å². The van der Waals surface area contributed by atoms with Crippen LogP contribution in [0.2, 0.25) is 10.4 Å². The van der Waals surface area contributed by atoms with Crippen molar-refractivity contribution in [2.24, 2.45) is 0 Å². The van der Waals surface area contributed by atoms with Crippen LogP contribution in [0.5, 0.6) is 5.75 Å². The molecular formula is C14H13Cl2N3O2. The minimum Gasteiger partial charge on any atom is -0.497 e. The number of aromatic nitrogens is 2. The van der Waals surface area contributed by atoms with Gasteiger partial charge < -0.3 is 10.1 Å². The number of ether oxygens (including phenoxy) is 1. The highest BCUT2D eigenvalue weighted by Gasteiger charge is 2.07. The van der Waals surface area contributed by atoms with Crippen molar-refractivity contribution in [2.45, 2.75) is 12.8 Å². The maximum Gasteiger partial charge on any atom is 0.225 e. The zero-order chi connectivity index (χ0) is 15.2. The van der Waals surface area contributed by atoms with Crippen molar-refractivity contribution in [1.29, 1.82) is 0 Å². The Morgan fingerprint density at radius 3 is 2.57 bits per heavy atom. The summed E-state index contributed by atoms with van der Waals surface area (Å²) in [5.41, 5.74) is 1.05. The second kappa shape index (κ2) is 7.24. The molecule has 2 aromatic rings. The fourth-order valence-electron chi connectivity index (χ4n) is 1.71. The number of rotatable bonds is 5. The SMILES string of the molecule is COc1ccc(CCC(=O)Nc2cc(Cl)nc(Cl)n2)cc1. The number of benzene rings is 1. The summed E-state index contributed by atoms with van der Waals surface area (Å²) >= 11 is 11.4. The lowest BCUT2D eigenvalue weighted by Crippen LogP contribution is -2.13. The number of anilines is 1. The quantitative estimate of drug-likeness (QED) is 0.676. The second-order valence-corrected chi connectivity index (χ2v) is 4.97. The number of carbonyl (C=O) groups excluding carboxylic acids is 1. The predicted octanol–water partition coefficient (Wildman–Crippen LogP) is 3.36.